The summed E-state index contributed by atoms with van der Waals surface area (Å²) in [6.07, 6.45) is 2.81. The molecule has 0 aromatic heterocycles. The van der Waals surface area contributed by atoms with Crippen LogP contribution in [0.5, 0.6) is 11.5 Å². The van der Waals surface area contributed by atoms with Gasteiger partial charge in [-0.3, -0.25) is 4.79 Å². The van der Waals surface area contributed by atoms with Crippen molar-refractivity contribution in [2.45, 2.75) is 61.7 Å². The molecule has 5 heteroatoms. The molecule has 3 aliphatic carbocycles. The van der Waals surface area contributed by atoms with Crippen molar-refractivity contribution in [3.63, 3.8) is 0 Å². The molecule has 3 fully saturated rings. The number of methoxy groups -OCH3 is 1. The lowest BCUT2D eigenvalue weighted by molar-refractivity contribution is -0.950. The van der Waals surface area contributed by atoms with Crippen LogP contribution < -0.4 is 9.47 Å². The van der Waals surface area contributed by atoms with Crippen molar-refractivity contribution in [2.75, 3.05) is 27.2 Å². The van der Waals surface area contributed by atoms with Gasteiger partial charge in [-0.15, -0.1) is 0 Å². The zero-order valence-corrected chi connectivity index (χ0v) is 15.7. The molecule has 5 nitrogen and oxygen atoms in total. The predicted octanol–water partition coefficient (Wildman–Crippen LogP) is 1.97. The van der Waals surface area contributed by atoms with E-state index in [-0.39, 0.29) is 16.7 Å². The molecule has 5 atom stereocenters. The number of likely N-dealkylation sites (tertiary alicyclic amines) is 1. The van der Waals surface area contributed by atoms with Crippen molar-refractivity contribution in [3.05, 3.63) is 23.3 Å². The quantitative estimate of drug-likeness (QED) is 0.649. The second kappa shape index (κ2) is 4.87. The molecule has 1 unspecified atom stereocenters. The average Bonchev–Trinajstić information content (AvgIpc) is 3.42. The summed E-state index contributed by atoms with van der Waals surface area (Å²) >= 11 is 0. The standard InChI is InChI=1S/C22H28NO4/c1-23(12-13-3-4-13)10-9-21-18-14-5-6-16(26-2)19(18)27-20(21)15(24)7-8-22(21,25)17(23)11-14/h5-6,13,17,20,25H,3-4,7-12H2,1-2H3/q+1/t17-,20+,21+,22-,23?/m1/s1/i1+1D3. The van der Waals surface area contributed by atoms with Gasteiger partial charge in [0.15, 0.2) is 23.4 Å². The number of hydrogen-bond donors (Lipinski definition) is 1. The predicted molar refractivity (Wildman–Crippen MR) is 99.0 cm³/mol. The molecule has 0 amide bonds. The van der Waals surface area contributed by atoms with Crippen LogP contribution >= 0.6 is 0 Å². The molecule has 144 valence electrons. The van der Waals surface area contributed by atoms with E-state index in [2.05, 4.69) is 0 Å². The van der Waals surface area contributed by atoms with Crippen LogP contribution in [0, 0.1) is 5.92 Å². The van der Waals surface area contributed by atoms with Crippen molar-refractivity contribution < 1.29 is 28.0 Å². The molecular formula is C22H28NO4+. The first-order valence-electron chi connectivity index (χ1n) is 11.7. The number of nitrogens with zero attached hydrogens (tertiary/aromatic N) is 1. The molecule has 0 radical (unpaired) electrons. The van der Waals surface area contributed by atoms with E-state index < -0.39 is 30.1 Å². The number of quaternary nitrogens is 1. The zero-order chi connectivity index (χ0) is 21.1. The summed E-state index contributed by atoms with van der Waals surface area (Å²) in [5.74, 6) is 1.56. The molecule has 1 saturated heterocycles. The number of aliphatic hydroxyl groups is 1. The summed E-state index contributed by atoms with van der Waals surface area (Å²) in [5, 5.41) is 12.4. The second-order valence-corrected chi connectivity index (χ2v) is 9.34. The number of piperidine rings is 1. The molecule has 6 rings (SSSR count). The third-order valence-electron chi connectivity index (χ3n) is 8.12. The zero-order valence-electron chi connectivity index (χ0n) is 18.7. The maximum absolute atomic E-state index is 13.0. The smallest absolute Gasteiger partial charge is 0.174 e. The minimum Gasteiger partial charge on any atom is -0.493 e. The SMILES string of the molecule is [2H][13C]([2H])([2H])[N+]1(CC2CC2)CC[C@]23c4c5ccc(OC)c4O[C@H]2C(=O)CC[C@@]3(O)[C@H]1C5. The normalized spacial score (nSPS) is 46.0. The molecule has 2 aliphatic heterocycles. The number of hydrogen-bond acceptors (Lipinski definition) is 4. The lowest BCUT2D eigenvalue weighted by atomic mass is 9.48. The highest BCUT2D eigenvalue weighted by atomic mass is 16.5. The number of ether oxygens (including phenoxy) is 2. The number of likely N-dealkylation sites (N-methyl/N-ethyl adjacent to an activating group) is 1. The molecule has 5 aliphatic rings. The second-order valence-electron chi connectivity index (χ2n) is 9.34. The van der Waals surface area contributed by atoms with Crippen molar-refractivity contribution in [1.82, 2.24) is 0 Å². The van der Waals surface area contributed by atoms with E-state index in [9.17, 15) is 9.90 Å². The largest absolute Gasteiger partial charge is 0.493 e. The Morgan fingerprint density at radius 1 is 1.41 bits per heavy atom. The molecule has 1 aromatic carbocycles. The Morgan fingerprint density at radius 3 is 3.00 bits per heavy atom. The van der Waals surface area contributed by atoms with E-state index >= 15 is 0 Å². The van der Waals surface area contributed by atoms with Crippen LogP contribution in [0.25, 0.3) is 0 Å². The van der Waals surface area contributed by atoms with Gasteiger partial charge in [-0.25, -0.2) is 0 Å². The Balaban J connectivity index is 1.62. The van der Waals surface area contributed by atoms with Gasteiger partial charge in [0, 0.05) is 30.7 Å². The summed E-state index contributed by atoms with van der Waals surface area (Å²) in [4.78, 5) is 13.0. The van der Waals surface area contributed by atoms with Gasteiger partial charge < -0.3 is 19.1 Å². The van der Waals surface area contributed by atoms with Crippen LogP contribution in [-0.4, -0.2) is 60.3 Å². The Bertz CT molecular complexity index is 960. The van der Waals surface area contributed by atoms with Crippen molar-refractivity contribution in [2.24, 2.45) is 5.92 Å². The summed E-state index contributed by atoms with van der Waals surface area (Å²) in [6, 6.07) is 3.36. The Labute approximate surface area is 164 Å². The van der Waals surface area contributed by atoms with E-state index in [4.69, 9.17) is 13.6 Å². The van der Waals surface area contributed by atoms with E-state index in [1.54, 1.807) is 7.11 Å². The molecule has 1 spiro atoms. The number of rotatable bonds is 3. The minimum absolute atomic E-state index is 0.000560. The first-order valence-corrected chi connectivity index (χ1v) is 10.2. The Kier molecular flexibility index (Phi) is 2.45. The fraction of sp³-hybridized carbons (Fsp3) is 0.682. The van der Waals surface area contributed by atoms with Gasteiger partial charge in [-0.2, -0.15) is 0 Å². The number of carbonyl (C=O) groups is 1. The van der Waals surface area contributed by atoms with E-state index in [0.29, 0.717) is 49.8 Å². The Morgan fingerprint density at radius 2 is 2.26 bits per heavy atom. The fourth-order valence-electron chi connectivity index (χ4n) is 6.75. The van der Waals surface area contributed by atoms with Crippen molar-refractivity contribution in [3.8, 4) is 11.5 Å². The highest BCUT2D eigenvalue weighted by Gasteiger charge is 2.76. The fourth-order valence-corrected chi connectivity index (χ4v) is 6.75. The molecule has 27 heavy (non-hydrogen) atoms. The van der Waals surface area contributed by atoms with Crippen LogP contribution in [0.1, 0.15) is 47.3 Å². The van der Waals surface area contributed by atoms with Gasteiger partial charge in [0.25, 0.3) is 0 Å². The molecule has 2 heterocycles. The van der Waals surface area contributed by atoms with Crippen LogP contribution in [0.15, 0.2) is 12.1 Å². The maximum atomic E-state index is 13.0. The molecule has 2 saturated carbocycles. The van der Waals surface area contributed by atoms with E-state index in [0.717, 1.165) is 24.0 Å². The summed E-state index contributed by atoms with van der Waals surface area (Å²) in [5.41, 5.74) is -0.257. The number of Topliss-reactive ketones (excluding diaryl/α,β-unsaturated/α-hetero) is 1. The highest BCUT2D eigenvalue weighted by molar-refractivity contribution is 5.90. The lowest BCUT2D eigenvalue weighted by Crippen LogP contribution is -2.80. The molecular weight excluding hydrogens is 343 g/mol. The molecule has 1 aromatic rings. The van der Waals surface area contributed by atoms with E-state index in [1.165, 1.54) is 0 Å². The first kappa shape index (κ1) is 13.6. The molecule has 1 N–H and O–H groups in total. The summed E-state index contributed by atoms with van der Waals surface area (Å²) in [6.45, 7) is -1.20. The maximum Gasteiger partial charge on any atom is 0.174 e. The van der Waals surface area contributed by atoms with Gasteiger partial charge in [0.2, 0.25) is 0 Å². The van der Waals surface area contributed by atoms with Crippen LogP contribution in [-0.2, 0) is 16.6 Å². The highest BCUT2D eigenvalue weighted by Crippen LogP contribution is 2.66. The van der Waals surface area contributed by atoms with Crippen LogP contribution in [0.4, 0.5) is 0 Å². The minimum atomic E-state index is -2.21. The third-order valence-corrected chi connectivity index (χ3v) is 8.12. The van der Waals surface area contributed by atoms with E-state index in [1.807, 2.05) is 12.1 Å². The lowest BCUT2D eigenvalue weighted by Gasteiger charge is -2.64. The van der Waals surface area contributed by atoms with Gasteiger partial charge >= 0.3 is 0 Å². The number of ketones is 1. The van der Waals surface area contributed by atoms with Crippen LogP contribution in [0.3, 0.4) is 0 Å². The summed E-state index contributed by atoms with van der Waals surface area (Å²) < 4.78 is 37.3. The Hall–Kier alpha value is -1.59. The monoisotopic (exact) mass is 374 g/mol. The van der Waals surface area contributed by atoms with Gasteiger partial charge in [-0.05, 0) is 30.9 Å². The van der Waals surface area contributed by atoms with Crippen molar-refractivity contribution in [1.29, 1.82) is 0 Å². The number of benzene rings is 1. The van der Waals surface area contributed by atoms with Gasteiger partial charge in [0.05, 0.1) is 36.7 Å². The third kappa shape index (κ3) is 1.76. The molecule has 2 bridgehead atoms. The topological polar surface area (TPSA) is 55.8 Å². The van der Waals surface area contributed by atoms with Gasteiger partial charge in [-0.1, -0.05) is 6.07 Å². The van der Waals surface area contributed by atoms with Gasteiger partial charge in [0.1, 0.15) is 11.6 Å². The summed E-state index contributed by atoms with van der Waals surface area (Å²) in [7, 11) is 1.58. The van der Waals surface area contributed by atoms with Crippen LogP contribution in [0.2, 0.25) is 0 Å². The van der Waals surface area contributed by atoms with Crippen molar-refractivity contribution >= 4 is 5.78 Å². The first-order chi connectivity index (χ1) is 14.2. The average molecular weight is 374 g/mol. The number of carbonyl (C=O) groups excluding carboxylic acids is 1.